The number of imide groups is 1. The van der Waals surface area contributed by atoms with E-state index in [1.54, 1.807) is 18.2 Å². The summed E-state index contributed by atoms with van der Waals surface area (Å²) in [5, 5.41) is 3.03. The Morgan fingerprint density at radius 3 is 2.62 bits per heavy atom. The average molecular weight is 375 g/mol. The zero-order chi connectivity index (χ0) is 18.7. The Labute approximate surface area is 155 Å². The molecule has 0 aliphatic carbocycles. The van der Waals surface area contributed by atoms with Gasteiger partial charge < -0.3 is 10.1 Å². The maximum atomic E-state index is 13.0. The molecule has 0 spiro atoms. The number of amides is 3. The molecule has 1 fully saturated rings. The first-order valence-electron chi connectivity index (χ1n) is 7.99. The van der Waals surface area contributed by atoms with Crippen LogP contribution >= 0.6 is 11.6 Å². The molecule has 1 saturated heterocycles. The molecule has 2 aromatic carbocycles. The van der Waals surface area contributed by atoms with E-state index in [9.17, 15) is 14.0 Å². The second-order valence-electron chi connectivity index (χ2n) is 5.62. The van der Waals surface area contributed by atoms with Crippen molar-refractivity contribution in [3.8, 4) is 5.75 Å². The fourth-order valence-electron chi connectivity index (χ4n) is 2.56. The van der Waals surface area contributed by atoms with Crippen LogP contribution in [0.3, 0.4) is 0 Å². The first kappa shape index (κ1) is 17.9. The summed E-state index contributed by atoms with van der Waals surface area (Å²) in [6.45, 7) is 2.35. The Hall–Kier alpha value is -2.86. The van der Waals surface area contributed by atoms with Gasteiger partial charge in [-0.2, -0.15) is 0 Å². The van der Waals surface area contributed by atoms with E-state index in [2.05, 4.69) is 5.32 Å². The van der Waals surface area contributed by atoms with E-state index in [-0.39, 0.29) is 18.1 Å². The lowest BCUT2D eigenvalue weighted by Crippen LogP contribution is -2.30. The average Bonchev–Trinajstić information content (AvgIpc) is 2.87. The maximum absolute atomic E-state index is 13.0. The minimum Gasteiger partial charge on any atom is -0.493 e. The molecule has 1 N–H and O–H groups in total. The predicted molar refractivity (Wildman–Crippen MR) is 96.1 cm³/mol. The lowest BCUT2D eigenvalue weighted by atomic mass is 10.1. The van der Waals surface area contributed by atoms with Crippen LogP contribution in [0.4, 0.5) is 9.18 Å². The summed E-state index contributed by atoms with van der Waals surface area (Å²) in [7, 11) is 0. The third-order valence-electron chi connectivity index (χ3n) is 3.79. The number of urea groups is 1. The molecule has 0 saturated carbocycles. The smallest absolute Gasteiger partial charge is 0.329 e. The zero-order valence-electron chi connectivity index (χ0n) is 14.0. The van der Waals surface area contributed by atoms with Crippen molar-refractivity contribution in [2.45, 2.75) is 13.5 Å². The number of carbonyl (C=O) groups excluding carboxylic acids is 2. The predicted octanol–water partition coefficient (Wildman–Crippen LogP) is 3.97. The molecule has 0 unspecified atom stereocenters. The number of halogens is 2. The second kappa shape index (κ2) is 7.58. The monoisotopic (exact) mass is 374 g/mol. The second-order valence-corrected chi connectivity index (χ2v) is 6.06. The molecule has 0 aromatic heterocycles. The van der Waals surface area contributed by atoms with Gasteiger partial charge in [0.25, 0.3) is 5.91 Å². The topological polar surface area (TPSA) is 58.6 Å². The SMILES string of the molecule is CCOc1ccc(Cl)cc1C=C1NC(=O)N(Cc2ccc(F)cc2)C1=O. The van der Waals surface area contributed by atoms with Crippen molar-refractivity contribution in [3.05, 3.63) is 70.1 Å². The summed E-state index contributed by atoms with van der Waals surface area (Å²) in [4.78, 5) is 25.8. The first-order valence-corrected chi connectivity index (χ1v) is 8.37. The third-order valence-corrected chi connectivity index (χ3v) is 4.02. The molecule has 2 aromatic rings. The first-order chi connectivity index (χ1) is 12.5. The van der Waals surface area contributed by atoms with Gasteiger partial charge in [0.2, 0.25) is 0 Å². The fourth-order valence-corrected chi connectivity index (χ4v) is 2.74. The molecule has 5 nitrogen and oxygen atoms in total. The van der Waals surface area contributed by atoms with Crippen LogP contribution in [0, 0.1) is 5.82 Å². The third kappa shape index (κ3) is 3.86. The van der Waals surface area contributed by atoms with E-state index >= 15 is 0 Å². The molecule has 3 rings (SSSR count). The Bertz CT molecular complexity index is 881. The molecule has 0 bridgehead atoms. The lowest BCUT2D eigenvalue weighted by Gasteiger charge is -2.11. The van der Waals surface area contributed by atoms with E-state index in [1.165, 1.54) is 30.3 Å². The number of nitrogens with one attached hydrogen (secondary N) is 1. The number of benzene rings is 2. The molecule has 134 valence electrons. The number of rotatable bonds is 5. The summed E-state index contributed by atoms with van der Waals surface area (Å²) < 4.78 is 18.5. The van der Waals surface area contributed by atoms with Crippen LogP contribution in [0.5, 0.6) is 5.75 Å². The molecule has 3 amide bonds. The number of carbonyl (C=O) groups is 2. The number of hydrogen-bond donors (Lipinski definition) is 1. The summed E-state index contributed by atoms with van der Waals surface area (Å²) in [5.41, 5.74) is 1.36. The molecule has 1 aliphatic heterocycles. The van der Waals surface area contributed by atoms with Crippen LogP contribution in [0.2, 0.25) is 5.02 Å². The summed E-state index contributed by atoms with van der Waals surface area (Å²) in [5.74, 6) is -0.291. The largest absolute Gasteiger partial charge is 0.493 e. The van der Waals surface area contributed by atoms with E-state index in [4.69, 9.17) is 16.3 Å². The van der Waals surface area contributed by atoms with Crippen LogP contribution in [0.25, 0.3) is 6.08 Å². The van der Waals surface area contributed by atoms with Gasteiger partial charge in [0, 0.05) is 10.6 Å². The molecule has 0 radical (unpaired) electrons. The molecule has 26 heavy (non-hydrogen) atoms. The van der Waals surface area contributed by atoms with Gasteiger partial charge in [-0.05, 0) is 48.9 Å². The van der Waals surface area contributed by atoms with Crippen LogP contribution in [0.1, 0.15) is 18.1 Å². The van der Waals surface area contributed by atoms with Crippen LogP contribution in [0.15, 0.2) is 48.2 Å². The standard InChI is InChI=1S/C19H16ClFN2O3/c1-2-26-17-8-5-14(20)9-13(17)10-16-18(24)23(19(25)22-16)11-12-3-6-15(21)7-4-12/h3-10H,2,11H2,1H3,(H,22,25). The van der Waals surface area contributed by atoms with Crippen molar-refractivity contribution in [1.29, 1.82) is 0 Å². The van der Waals surface area contributed by atoms with Crippen LogP contribution < -0.4 is 10.1 Å². The van der Waals surface area contributed by atoms with Crippen molar-refractivity contribution in [3.63, 3.8) is 0 Å². The molecule has 1 aliphatic rings. The number of hydrogen-bond acceptors (Lipinski definition) is 3. The molecule has 7 heteroatoms. The van der Waals surface area contributed by atoms with Gasteiger partial charge in [-0.25, -0.2) is 9.18 Å². The van der Waals surface area contributed by atoms with E-state index in [1.807, 2.05) is 6.92 Å². The molecular formula is C19H16ClFN2O3. The maximum Gasteiger partial charge on any atom is 0.329 e. The van der Waals surface area contributed by atoms with E-state index < -0.39 is 11.9 Å². The van der Waals surface area contributed by atoms with Gasteiger partial charge in [0.15, 0.2) is 0 Å². The highest BCUT2D eigenvalue weighted by molar-refractivity contribution is 6.30. The Balaban J connectivity index is 1.85. The van der Waals surface area contributed by atoms with Crippen molar-refractivity contribution in [2.24, 2.45) is 0 Å². The summed E-state index contributed by atoms with van der Waals surface area (Å²) in [6.07, 6.45) is 1.53. The van der Waals surface area contributed by atoms with Crippen LogP contribution in [-0.4, -0.2) is 23.4 Å². The normalized spacial score (nSPS) is 15.5. The van der Waals surface area contributed by atoms with Crippen molar-refractivity contribution < 1.29 is 18.7 Å². The highest BCUT2D eigenvalue weighted by atomic mass is 35.5. The molecular weight excluding hydrogens is 359 g/mol. The Morgan fingerprint density at radius 2 is 1.92 bits per heavy atom. The number of nitrogens with zero attached hydrogens (tertiary/aromatic N) is 1. The minimum absolute atomic E-state index is 0.0517. The van der Waals surface area contributed by atoms with Crippen molar-refractivity contribution in [2.75, 3.05) is 6.61 Å². The quantitative estimate of drug-likeness (QED) is 0.636. The highest BCUT2D eigenvalue weighted by Gasteiger charge is 2.33. The lowest BCUT2D eigenvalue weighted by molar-refractivity contribution is -0.123. The molecule has 0 atom stereocenters. The van der Waals surface area contributed by atoms with E-state index in [0.717, 1.165) is 4.90 Å². The summed E-state index contributed by atoms with van der Waals surface area (Å²) in [6, 6.07) is 10.1. The van der Waals surface area contributed by atoms with Crippen LogP contribution in [-0.2, 0) is 11.3 Å². The van der Waals surface area contributed by atoms with Gasteiger partial charge in [-0.15, -0.1) is 0 Å². The highest BCUT2D eigenvalue weighted by Crippen LogP contribution is 2.26. The molecule has 1 heterocycles. The van der Waals surface area contributed by atoms with Gasteiger partial charge >= 0.3 is 6.03 Å². The minimum atomic E-state index is -0.537. The number of ether oxygens (including phenoxy) is 1. The van der Waals surface area contributed by atoms with Gasteiger partial charge in [-0.1, -0.05) is 23.7 Å². The van der Waals surface area contributed by atoms with Crippen molar-refractivity contribution >= 4 is 29.6 Å². The van der Waals surface area contributed by atoms with Gasteiger partial charge in [0.1, 0.15) is 17.3 Å². The zero-order valence-corrected chi connectivity index (χ0v) is 14.7. The van der Waals surface area contributed by atoms with Gasteiger partial charge in [-0.3, -0.25) is 9.69 Å². The Morgan fingerprint density at radius 1 is 1.19 bits per heavy atom. The Kier molecular flexibility index (Phi) is 5.23. The van der Waals surface area contributed by atoms with Crippen molar-refractivity contribution in [1.82, 2.24) is 10.2 Å². The fraction of sp³-hybridized carbons (Fsp3) is 0.158. The van der Waals surface area contributed by atoms with Gasteiger partial charge in [0.05, 0.1) is 13.2 Å². The summed E-state index contributed by atoms with van der Waals surface area (Å²) >= 11 is 6.02. The van der Waals surface area contributed by atoms with E-state index in [0.29, 0.717) is 28.5 Å².